The minimum absolute atomic E-state index is 0.199. The van der Waals surface area contributed by atoms with Crippen LogP contribution in [0, 0.1) is 5.92 Å². The normalized spacial score (nSPS) is 16.0. The van der Waals surface area contributed by atoms with Crippen LogP contribution in [-0.2, 0) is 4.79 Å². The van der Waals surface area contributed by atoms with Crippen molar-refractivity contribution in [2.24, 2.45) is 5.92 Å². The Labute approximate surface area is 165 Å². The molecule has 154 valence electrons. The highest BCUT2D eigenvalue weighted by atomic mass is 16.4. The van der Waals surface area contributed by atoms with Crippen LogP contribution in [0.1, 0.15) is 71.6 Å². The Kier molecular flexibility index (Phi) is 16.7. The Hall–Kier alpha value is -1.65. The molecule has 0 amide bonds. The van der Waals surface area contributed by atoms with Gasteiger partial charge < -0.3 is 15.3 Å². The van der Waals surface area contributed by atoms with E-state index < -0.39 is 18.2 Å². The van der Waals surface area contributed by atoms with Gasteiger partial charge in [-0.2, -0.15) is 0 Å². The minimum Gasteiger partial charge on any atom is -0.481 e. The Bertz CT molecular complexity index is 477. The second kappa shape index (κ2) is 17.7. The first-order valence-electron chi connectivity index (χ1n) is 10.2. The predicted molar refractivity (Wildman–Crippen MR) is 113 cm³/mol. The number of aliphatic hydroxyl groups excluding tert-OH is 2. The lowest BCUT2D eigenvalue weighted by atomic mass is 9.97. The van der Waals surface area contributed by atoms with Crippen LogP contribution in [0.15, 0.2) is 48.6 Å². The van der Waals surface area contributed by atoms with Crippen LogP contribution >= 0.6 is 0 Å². The van der Waals surface area contributed by atoms with E-state index in [0.29, 0.717) is 12.8 Å². The molecule has 0 fully saturated rings. The molecule has 0 spiro atoms. The summed E-state index contributed by atoms with van der Waals surface area (Å²) >= 11 is 0. The molecule has 0 bridgehead atoms. The van der Waals surface area contributed by atoms with E-state index in [0.717, 1.165) is 19.3 Å². The van der Waals surface area contributed by atoms with Crippen molar-refractivity contribution in [3.63, 3.8) is 0 Å². The number of allylic oxidation sites excluding steroid dienone is 6. The quantitative estimate of drug-likeness (QED) is 0.255. The highest BCUT2D eigenvalue weighted by Crippen LogP contribution is 2.14. The Balaban J connectivity index is 3.89. The highest BCUT2D eigenvalue weighted by Gasteiger charge is 2.09. The van der Waals surface area contributed by atoms with Gasteiger partial charge in [0.05, 0.1) is 12.2 Å². The Morgan fingerprint density at radius 3 is 2.04 bits per heavy atom. The molecule has 27 heavy (non-hydrogen) atoms. The molecule has 0 aliphatic heterocycles. The summed E-state index contributed by atoms with van der Waals surface area (Å²) in [5, 5.41) is 28.4. The Morgan fingerprint density at radius 1 is 0.815 bits per heavy atom. The molecule has 0 saturated heterocycles. The summed E-state index contributed by atoms with van der Waals surface area (Å²) in [7, 11) is 0. The molecule has 3 N–H and O–H groups in total. The lowest BCUT2D eigenvalue weighted by molar-refractivity contribution is -0.137. The van der Waals surface area contributed by atoms with Crippen molar-refractivity contribution < 1.29 is 20.1 Å². The second-order valence-electron chi connectivity index (χ2n) is 7.06. The van der Waals surface area contributed by atoms with Crippen molar-refractivity contribution in [3.05, 3.63) is 48.6 Å². The first-order valence-corrected chi connectivity index (χ1v) is 10.2. The van der Waals surface area contributed by atoms with Gasteiger partial charge in [0.15, 0.2) is 0 Å². The third-order valence-corrected chi connectivity index (χ3v) is 4.43. The van der Waals surface area contributed by atoms with Gasteiger partial charge in [0, 0.05) is 6.42 Å². The van der Waals surface area contributed by atoms with Gasteiger partial charge in [-0.05, 0) is 25.2 Å². The summed E-state index contributed by atoms with van der Waals surface area (Å²) in [5.41, 5.74) is 0. The minimum atomic E-state index is -0.764. The molecule has 0 aromatic heterocycles. The van der Waals surface area contributed by atoms with E-state index in [1.807, 2.05) is 36.5 Å². The third kappa shape index (κ3) is 17.5. The fourth-order valence-electron chi connectivity index (χ4n) is 2.61. The molecule has 0 rings (SSSR count). The average Bonchev–Trinajstić information content (AvgIpc) is 2.63. The van der Waals surface area contributed by atoms with E-state index in [2.05, 4.69) is 13.8 Å². The van der Waals surface area contributed by atoms with Crippen molar-refractivity contribution in [2.75, 3.05) is 0 Å². The SMILES string of the molecule is CCCCCC(C)C(O)/C=C/C=C\C=C/C=C/C(O)CCCCCC(=O)O. The smallest absolute Gasteiger partial charge is 0.303 e. The highest BCUT2D eigenvalue weighted by molar-refractivity contribution is 5.66. The number of carbonyl (C=O) groups is 1. The molecule has 4 heteroatoms. The number of carboxylic acid groups (broad SMARTS) is 1. The van der Waals surface area contributed by atoms with Crippen molar-refractivity contribution in [1.29, 1.82) is 0 Å². The maximum Gasteiger partial charge on any atom is 0.303 e. The zero-order valence-corrected chi connectivity index (χ0v) is 17.0. The summed E-state index contributed by atoms with van der Waals surface area (Å²) in [6, 6.07) is 0. The van der Waals surface area contributed by atoms with E-state index in [4.69, 9.17) is 5.11 Å². The Morgan fingerprint density at radius 2 is 1.41 bits per heavy atom. The van der Waals surface area contributed by atoms with E-state index >= 15 is 0 Å². The number of hydrogen-bond acceptors (Lipinski definition) is 3. The van der Waals surface area contributed by atoms with Crippen LogP contribution in [0.4, 0.5) is 0 Å². The van der Waals surface area contributed by atoms with Crippen LogP contribution in [-0.4, -0.2) is 33.5 Å². The van der Waals surface area contributed by atoms with Gasteiger partial charge in [0.1, 0.15) is 0 Å². The van der Waals surface area contributed by atoms with Crippen molar-refractivity contribution >= 4 is 5.97 Å². The molecule has 0 aromatic carbocycles. The predicted octanol–water partition coefficient (Wildman–Crippen LogP) is 5.18. The molecular weight excluding hydrogens is 340 g/mol. The number of rotatable bonds is 16. The van der Waals surface area contributed by atoms with E-state index in [1.54, 1.807) is 12.2 Å². The largest absolute Gasteiger partial charge is 0.481 e. The summed E-state index contributed by atoms with van der Waals surface area (Å²) in [6.45, 7) is 4.26. The van der Waals surface area contributed by atoms with E-state index in [1.165, 1.54) is 19.3 Å². The lowest BCUT2D eigenvalue weighted by Crippen LogP contribution is -2.14. The van der Waals surface area contributed by atoms with Crippen molar-refractivity contribution in [1.82, 2.24) is 0 Å². The first-order chi connectivity index (χ1) is 13.0. The number of aliphatic hydroxyl groups is 2. The van der Waals surface area contributed by atoms with Gasteiger partial charge in [-0.15, -0.1) is 0 Å². The summed E-state index contributed by atoms with van der Waals surface area (Å²) in [4.78, 5) is 10.4. The number of hydrogen-bond donors (Lipinski definition) is 3. The second-order valence-corrected chi connectivity index (χ2v) is 7.06. The maximum absolute atomic E-state index is 10.4. The molecule has 3 unspecified atom stereocenters. The van der Waals surface area contributed by atoms with Crippen LogP contribution in [0.25, 0.3) is 0 Å². The van der Waals surface area contributed by atoms with Crippen LogP contribution in [0.5, 0.6) is 0 Å². The maximum atomic E-state index is 10.4. The lowest BCUT2D eigenvalue weighted by Gasteiger charge is -2.14. The van der Waals surface area contributed by atoms with Gasteiger partial charge in [0.25, 0.3) is 0 Å². The molecule has 4 nitrogen and oxygen atoms in total. The fraction of sp³-hybridized carbons (Fsp3) is 0.609. The first kappa shape index (κ1) is 25.4. The van der Waals surface area contributed by atoms with Crippen LogP contribution in [0.2, 0.25) is 0 Å². The number of aliphatic carboxylic acids is 1. The molecule has 0 heterocycles. The zero-order chi connectivity index (χ0) is 20.3. The number of carboxylic acids is 1. The van der Waals surface area contributed by atoms with Crippen LogP contribution in [0.3, 0.4) is 0 Å². The summed E-state index contributed by atoms with van der Waals surface area (Å²) in [5.74, 6) is -0.482. The van der Waals surface area contributed by atoms with E-state index in [9.17, 15) is 15.0 Å². The molecular formula is C23H38O4. The average molecular weight is 379 g/mol. The molecule has 3 atom stereocenters. The van der Waals surface area contributed by atoms with Gasteiger partial charge >= 0.3 is 5.97 Å². The molecule has 0 aromatic rings. The summed E-state index contributed by atoms with van der Waals surface area (Å²) in [6.07, 6.45) is 21.6. The molecule has 0 aliphatic carbocycles. The van der Waals surface area contributed by atoms with Gasteiger partial charge in [-0.3, -0.25) is 4.79 Å². The van der Waals surface area contributed by atoms with Crippen molar-refractivity contribution in [2.45, 2.75) is 83.8 Å². The summed E-state index contributed by atoms with van der Waals surface area (Å²) < 4.78 is 0. The monoisotopic (exact) mass is 378 g/mol. The molecule has 0 aliphatic rings. The van der Waals surface area contributed by atoms with Crippen LogP contribution < -0.4 is 0 Å². The number of unbranched alkanes of at least 4 members (excludes halogenated alkanes) is 4. The fourth-order valence-corrected chi connectivity index (χ4v) is 2.61. The third-order valence-electron chi connectivity index (χ3n) is 4.43. The molecule has 0 saturated carbocycles. The topological polar surface area (TPSA) is 77.8 Å². The van der Waals surface area contributed by atoms with Gasteiger partial charge in [-0.1, -0.05) is 94.6 Å². The zero-order valence-electron chi connectivity index (χ0n) is 17.0. The van der Waals surface area contributed by atoms with Gasteiger partial charge in [-0.25, -0.2) is 0 Å². The molecule has 0 radical (unpaired) electrons. The van der Waals surface area contributed by atoms with Gasteiger partial charge in [0.2, 0.25) is 0 Å². The van der Waals surface area contributed by atoms with Crippen molar-refractivity contribution in [3.8, 4) is 0 Å². The van der Waals surface area contributed by atoms with E-state index in [-0.39, 0.29) is 12.3 Å². The standard InChI is InChI=1S/C23H38O4/c1-3-4-10-15-20(2)22(25)18-13-8-6-5-7-11-16-21(24)17-12-9-14-19-23(26)27/h5-8,11,13,16,18,20-22,24-25H,3-4,9-10,12,14-15,17,19H2,1-2H3,(H,26,27)/b7-5-,8-6-,16-11+,18-13+.